The van der Waals surface area contributed by atoms with Crippen molar-refractivity contribution >= 4 is 40.8 Å². The molecule has 0 aliphatic rings. The van der Waals surface area contributed by atoms with Gasteiger partial charge in [-0.1, -0.05) is 23.8 Å². The van der Waals surface area contributed by atoms with E-state index in [1.165, 1.54) is 20.9 Å². The molecule has 2 aromatic rings. The monoisotopic (exact) mass is 351 g/mol. The van der Waals surface area contributed by atoms with Gasteiger partial charge in [0.1, 0.15) is 0 Å². The van der Waals surface area contributed by atoms with Gasteiger partial charge in [-0.05, 0) is 36.9 Å². The Kier molecular flexibility index (Phi) is 7.36. The SMILES string of the molecule is Cc1ccc(C)c(SCC(=O)NCCSCc2cccs2)c1. The van der Waals surface area contributed by atoms with Crippen LogP contribution in [-0.4, -0.2) is 24.0 Å². The first-order chi connectivity index (χ1) is 10.6. The van der Waals surface area contributed by atoms with Crippen LogP contribution in [0.4, 0.5) is 0 Å². The number of amides is 1. The van der Waals surface area contributed by atoms with E-state index in [0.29, 0.717) is 5.75 Å². The van der Waals surface area contributed by atoms with Crippen LogP contribution in [0.3, 0.4) is 0 Å². The highest BCUT2D eigenvalue weighted by Crippen LogP contribution is 2.23. The average Bonchev–Trinajstić information content (AvgIpc) is 3.01. The number of nitrogens with one attached hydrogen (secondary N) is 1. The quantitative estimate of drug-likeness (QED) is 0.560. The zero-order chi connectivity index (χ0) is 15.8. The molecule has 1 heterocycles. The molecule has 1 N–H and O–H groups in total. The maximum absolute atomic E-state index is 11.9. The van der Waals surface area contributed by atoms with Crippen molar-refractivity contribution in [2.45, 2.75) is 24.5 Å². The molecule has 0 unspecified atom stereocenters. The minimum Gasteiger partial charge on any atom is -0.355 e. The molecule has 1 aromatic carbocycles. The molecule has 2 rings (SSSR count). The Bertz CT molecular complexity index is 596. The van der Waals surface area contributed by atoms with Gasteiger partial charge >= 0.3 is 0 Å². The van der Waals surface area contributed by atoms with Crippen molar-refractivity contribution in [3.05, 3.63) is 51.7 Å². The van der Waals surface area contributed by atoms with E-state index in [9.17, 15) is 4.79 Å². The van der Waals surface area contributed by atoms with E-state index in [1.807, 2.05) is 11.8 Å². The third-order valence-corrected chi connectivity index (χ3v) is 6.32. The zero-order valence-electron chi connectivity index (χ0n) is 12.9. The standard InChI is InChI=1S/C17H21NOS3/c1-13-5-6-14(2)16(10-13)22-12-17(19)18-7-9-20-11-15-4-3-8-21-15/h3-6,8,10H,7,9,11-12H2,1-2H3,(H,18,19). The van der Waals surface area contributed by atoms with Gasteiger partial charge in [0.15, 0.2) is 0 Å². The van der Waals surface area contributed by atoms with E-state index >= 15 is 0 Å². The zero-order valence-corrected chi connectivity index (χ0v) is 15.4. The molecule has 0 aliphatic carbocycles. The van der Waals surface area contributed by atoms with E-state index in [4.69, 9.17) is 0 Å². The number of hydrogen-bond donors (Lipinski definition) is 1. The summed E-state index contributed by atoms with van der Waals surface area (Å²) in [5.74, 6) is 2.59. The van der Waals surface area contributed by atoms with Gasteiger partial charge in [-0.25, -0.2) is 0 Å². The summed E-state index contributed by atoms with van der Waals surface area (Å²) < 4.78 is 0. The van der Waals surface area contributed by atoms with Gasteiger partial charge in [0, 0.05) is 27.8 Å². The predicted molar refractivity (Wildman–Crippen MR) is 100 cm³/mol. The summed E-state index contributed by atoms with van der Waals surface area (Å²) in [7, 11) is 0. The fraction of sp³-hybridized carbons (Fsp3) is 0.353. The Morgan fingerprint density at radius 3 is 2.91 bits per heavy atom. The minimum atomic E-state index is 0.114. The van der Waals surface area contributed by atoms with Crippen molar-refractivity contribution in [1.29, 1.82) is 0 Å². The maximum atomic E-state index is 11.9. The lowest BCUT2D eigenvalue weighted by molar-refractivity contribution is -0.118. The Morgan fingerprint density at radius 1 is 1.27 bits per heavy atom. The van der Waals surface area contributed by atoms with Crippen LogP contribution in [0.25, 0.3) is 0 Å². The van der Waals surface area contributed by atoms with Gasteiger partial charge in [0.05, 0.1) is 5.75 Å². The third-order valence-electron chi connectivity index (χ3n) is 3.10. The molecule has 1 amide bonds. The number of benzene rings is 1. The number of rotatable bonds is 8. The van der Waals surface area contributed by atoms with Crippen LogP contribution < -0.4 is 5.32 Å². The van der Waals surface area contributed by atoms with Crippen molar-refractivity contribution in [2.75, 3.05) is 18.1 Å². The first-order valence-corrected chi connectivity index (χ1v) is 10.2. The molecule has 22 heavy (non-hydrogen) atoms. The van der Waals surface area contributed by atoms with Crippen LogP contribution in [0, 0.1) is 13.8 Å². The maximum Gasteiger partial charge on any atom is 0.230 e. The Hall–Kier alpha value is -0.910. The average molecular weight is 352 g/mol. The van der Waals surface area contributed by atoms with Crippen LogP contribution in [0.15, 0.2) is 40.6 Å². The largest absolute Gasteiger partial charge is 0.355 e. The van der Waals surface area contributed by atoms with E-state index in [2.05, 4.69) is 54.9 Å². The second-order valence-electron chi connectivity index (χ2n) is 5.04. The summed E-state index contributed by atoms with van der Waals surface area (Å²) >= 11 is 5.26. The molecular weight excluding hydrogens is 330 g/mol. The van der Waals surface area contributed by atoms with Gasteiger partial charge in [-0.3, -0.25) is 4.79 Å². The normalized spacial score (nSPS) is 10.6. The van der Waals surface area contributed by atoms with Crippen molar-refractivity contribution in [3.63, 3.8) is 0 Å². The topological polar surface area (TPSA) is 29.1 Å². The van der Waals surface area contributed by atoms with Crippen LogP contribution >= 0.6 is 34.9 Å². The van der Waals surface area contributed by atoms with Crippen LogP contribution in [0.1, 0.15) is 16.0 Å². The van der Waals surface area contributed by atoms with Gasteiger partial charge in [0.25, 0.3) is 0 Å². The number of hydrogen-bond acceptors (Lipinski definition) is 4. The summed E-state index contributed by atoms with van der Waals surface area (Å²) in [6.45, 7) is 4.90. The van der Waals surface area contributed by atoms with Crippen molar-refractivity contribution in [3.8, 4) is 0 Å². The molecule has 0 atom stereocenters. The van der Waals surface area contributed by atoms with Crippen molar-refractivity contribution in [1.82, 2.24) is 5.32 Å². The molecule has 1 aromatic heterocycles. The van der Waals surface area contributed by atoms with E-state index in [1.54, 1.807) is 23.1 Å². The molecule has 0 fully saturated rings. The number of carbonyl (C=O) groups excluding carboxylic acids is 1. The summed E-state index contributed by atoms with van der Waals surface area (Å²) in [6, 6.07) is 10.6. The molecule has 5 heteroatoms. The molecule has 118 valence electrons. The fourth-order valence-electron chi connectivity index (χ4n) is 1.89. The Balaban J connectivity index is 1.60. The van der Waals surface area contributed by atoms with Crippen LogP contribution in [0.5, 0.6) is 0 Å². The van der Waals surface area contributed by atoms with E-state index < -0.39 is 0 Å². The molecule has 0 aliphatic heterocycles. The molecule has 0 bridgehead atoms. The molecule has 0 spiro atoms. The molecule has 0 saturated carbocycles. The van der Waals surface area contributed by atoms with Gasteiger partial charge in [-0.2, -0.15) is 11.8 Å². The second-order valence-corrected chi connectivity index (χ2v) is 8.19. The lowest BCUT2D eigenvalue weighted by atomic mass is 10.2. The lowest BCUT2D eigenvalue weighted by Gasteiger charge is -2.07. The van der Waals surface area contributed by atoms with E-state index in [0.717, 1.165) is 18.1 Å². The summed E-state index contributed by atoms with van der Waals surface area (Å²) in [4.78, 5) is 14.5. The smallest absolute Gasteiger partial charge is 0.230 e. The minimum absolute atomic E-state index is 0.114. The first-order valence-electron chi connectivity index (χ1n) is 7.22. The first kappa shape index (κ1) is 17.4. The molecule has 0 radical (unpaired) electrons. The van der Waals surface area contributed by atoms with Gasteiger partial charge < -0.3 is 5.32 Å². The molecular formula is C17H21NOS3. The third kappa shape index (κ3) is 6.07. The Morgan fingerprint density at radius 2 is 2.14 bits per heavy atom. The summed E-state index contributed by atoms with van der Waals surface area (Å²) in [6.07, 6.45) is 0. The van der Waals surface area contributed by atoms with Crippen molar-refractivity contribution < 1.29 is 4.79 Å². The Labute approximate surface area is 145 Å². The fourth-order valence-corrected chi connectivity index (χ4v) is 4.54. The highest BCUT2D eigenvalue weighted by molar-refractivity contribution is 8.00. The number of thiophene rings is 1. The number of thioether (sulfide) groups is 2. The summed E-state index contributed by atoms with van der Waals surface area (Å²) in [5.41, 5.74) is 2.47. The highest BCUT2D eigenvalue weighted by Gasteiger charge is 2.05. The van der Waals surface area contributed by atoms with Gasteiger partial charge in [-0.15, -0.1) is 23.1 Å². The number of carbonyl (C=O) groups is 1. The number of aryl methyl sites for hydroxylation is 2. The lowest BCUT2D eigenvalue weighted by Crippen LogP contribution is -2.27. The van der Waals surface area contributed by atoms with Crippen LogP contribution in [-0.2, 0) is 10.5 Å². The second kappa shape index (κ2) is 9.28. The predicted octanol–water partition coefficient (Wildman–Crippen LogP) is 4.51. The highest BCUT2D eigenvalue weighted by atomic mass is 32.2. The summed E-state index contributed by atoms with van der Waals surface area (Å²) in [5, 5.41) is 5.09. The van der Waals surface area contributed by atoms with E-state index in [-0.39, 0.29) is 5.91 Å². The molecule has 2 nitrogen and oxygen atoms in total. The van der Waals surface area contributed by atoms with Crippen LogP contribution in [0.2, 0.25) is 0 Å². The molecule has 0 saturated heterocycles. The van der Waals surface area contributed by atoms with Crippen molar-refractivity contribution in [2.24, 2.45) is 0 Å². The van der Waals surface area contributed by atoms with Gasteiger partial charge in [0.2, 0.25) is 5.91 Å².